The van der Waals surface area contributed by atoms with Gasteiger partial charge >= 0.3 is 0 Å². The van der Waals surface area contributed by atoms with Crippen molar-refractivity contribution in [3.05, 3.63) is 33.9 Å². The number of anilines is 3. The standard InChI is InChI=1S/C14H19BrN4/c1-4-5-11-13(16)14(19(3)18-11)17-12-8-9(2)6-7-10(12)15/h6-8,17H,4-5,16H2,1-3H3. The Bertz CT molecular complexity index is 589. The van der Waals surface area contributed by atoms with E-state index in [9.17, 15) is 0 Å². The summed E-state index contributed by atoms with van der Waals surface area (Å²) in [5.74, 6) is 0.842. The molecule has 19 heavy (non-hydrogen) atoms. The van der Waals surface area contributed by atoms with E-state index in [2.05, 4.69) is 52.3 Å². The molecule has 0 spiro atoms. The van der Waals surface area contributed by atoms with Crippen molar-refractivity contribution >= 4 is 33.1 Å². The van der Waals surface area contributed by atoms with Crippen LogP contribution in [0.15, 0.2) is 22.7 Å². The van der Waals surface area contributed by atoms with Crippen LogP contribution in [0.2, 0.25) is 0 Å². The lowest BCUT2D eigenvalue weighted by Gasteiger charge is -2.10. The van der Waals surface area contributed by atoms with Gasteiger partial charge in [0, 0.05) is 11.5 Å². The molecule has 5 heteroatoms. The maximum atomic E-state index is 6.17. The number of halogens is 1. The molecule has 102 valence electrons. The maximum absolute atomic E-state index is 6.17. The van der Waals surface area contributed by atoms with Gasteiger partial charge in [-0.05, 0) is 47.0 Å². The third kappa shape index (κ3) is 2.92. The van der Waals surface area contributed by atoms with E-state index in [-0.39, 0.29) is 0 Å². The second kappa shape index (κ2) is 5.65. The van der Waals surface area contributed by atoms with Crippen LogP contribution in [-0.2, 0) is 13.5 Å². The molecule has 0 fully saturated rings. The summed E-state index contributed by atoms with van der Waals surface area (Å²) in [5, 5.41) is 7.82. The highest BCUT2D eigenvalue weighted by Gasteiger charge is 2.13. The van der Waals surface area contributed by atoms with Gasteiger partial charge in [-0.2, -0.15) is 5.10 Å². The third-order valence-corrected chi connectivity index (χ3v) is 3.71. The Labute approximate surface area is 122 Å². The van der Waals surface area contributed by atoms with Gasteiger partial charge in [0.05, 0.1) is 17.1 Å². The Morgan fingerprint density at radius 2 is 2.16 bits per heavy atom. The molecular formula is C14H19BrN4. The number of nitrogens with zero attached hydrogens (tertiary/aromatic N) is 2. The summed E-state index contributed by atoms with van der Waals surface area (Å²) in [5.41, 5.74) is 10.0. The predicted molar refractivity (Wildman–Crippen MR) is 83.8 cm³/mol. The van der Waals surface area contributed by atoms with Crippen LogP contribution < -0.4 is 11.1 Å². The van der Waals surface area contributed by atoms with Crippen LogP contribution in [0.5, 0.6) is 0 Å². The lowest BCUT2D eigenvalue weighted by molar-refractivity contribution is 0.740. The molecule has 1 heterocycles. The van der Waals surface area contributed by atoms with Crippen LogP contribution >= 0.6 is 15.9 Å². The van der Waals surface area contributed by atoms with Crippen molar-refractivity contribution in [2.45, 2.75) is 26.7 Å². The maximum Gasteiger partial charge on any atom is 0.152 e. The van der Waals surface area contributed by atoms with E-state index >= 15 is 0 Å². The van der Waals surface area contributed by atoms with Crippen LogP contribution in [-0.4, -0.2) is 9.78 Å². The Morgan fingerprint density at radius 1 is 1.42 bits per heavy atom. The number of nitrogen functional groups attached to an aromatic ring is 1. The van der Waals surface area contributed by atoms with Gasteiger partial charge in [-0.15, -0.1) is 0 Å². The van der Waals surface area contributed by atoms with E-state index in [1.54, 1.807) is 4.68 Å². The number of rotatable bonds is 4. The Hall–Kier alpha value is -1.49. The number of benzene rings is 1. The number of hydrogen-bond acceptors (Lipinski definition) is 3. The molecule has 2 aromatic rings. The van der Waals surface area contributed by atoms with E-state index in [0.29, 0.717) is 0 Å². The first-order chi connectivity index (χ1) is 9.02. The molecule has 1 aromatic heterocycles. The molecule has 0 bridgehead atoms. The molecule has 0 saturated heterocycles. The molecule has 0 unspecified atom stereocenters. The van der Waals surface area contributed by atoms with Crippen molar-refractivity contribution < 1.29 is 0 Å². The van der Waals surface area contributed by atoms with Gasteiger partial charge in [0.2, 0.25) is 0 Å². The Morgan fingerprint density at radius 3 is 2.84 bits per heavy atom. The lowest BCUT2D eigenvalue weighted by atomic mass is 10.2. The summed E-state index contributed by atoms with van der Waals surface area (Å²) in [6.45, 7) is 4.19. The second-order valence-electron chi connectivity index (χ2n) is 4.69. The summed E-state index contributed by atoms with van der Waals surface area (Å²) in [6, 6.07) is 6.16. The topological polar surface area (TPSA) is 55.9 Å². The first kappa shape index (κ1) is 13.9. The van der Waals surface area contributed by atoms with Gasteiger partial charge in [0.1, 0.15) is 0 Å². The lowest BCUT2D eigenvalue weighted by Crippen LogP contribution is -2.02. The van der Waals surface area contributed by atoms with Gasteiger partial charge in [-0.25, -0.2) is 0 Å². The largest absolute Gasteiger partial charge is 0.394 e. The smallest absolute Gasteiger partial charge is 0.152 e. The fraction of sp³-hybridized carbons (Fsp3) is 0.357. The number of nitrogens with one attached hydrogen (secondary N) is 1. The third-order valence-electron chi connectivity index (χ3n) is 3.02. The summed E-state index contributed by atoms with van der Waals surface area (Å²) in [7, 11) is 1.90. The number of aryl methyl sites for hydroxylation is 3. The molecule has 0 aliphatic rings. The van der Waals surface area contributed by atoms with E-state index in [0.717, 1.165) is 40.2 Å². The average Bonchev–Trinajstić information content (AvgIpc) is 2.62. The summed E-state index contributed by atoms with van der Waals surface area (Å²) >= 11 is 3.54. The molecule has 0 saturated carbocycles. The normalized spacial score (nSPS) is 10.7. The minimum Gasteiger partial charge on any atom is -0.394 e. The second-order valence-corrected chi connectivity index (χ2v) is 5.55. The van der Waals surface area contributed by atoms with Gasteiger partial charge in [0.25, 0.3) is 0 Å². The quantitative estimate of drug-likeness (QED) is 0.900. The Kier molecular flexibility index (Phi) is 4.14. The first-order valence-electron chi connectivity index (χ1n) is 6.37. The van der Waals surface area contributed by atoms with Crippen LogP contribution in [0.4, 0.5) is 17.2 Å². The molecule has 0 amide bonds. The summed E-state index contributed by atoms with van der Waals surface area (Å²) in [6.07, 6.45) is 1.94. The predicted octanol–water partition coefficient (Wildman–Crippen LogP) is 3.77. The molecule has 1 aromatic carbocycles. The van der Waals surface area contributed by atoms with Crippen molar-refractivity contribution in [2.24, 2.45) is 7.05 Å². The van der Waals surface area contributed by atoms with Crippen LogP contribution in [0.1, 0.15) is 24.6 Å². The average molecular weight is 323 g/mol. The minimum atomic E-state index is 0.734. The minimum absolute atomic E-state index is 0.734. The number of hydrogen-bond donors (Lipinski definition) is 2. The molecule has 0 aliphatic carbocycles. The van der Waals surface area contributed by atoms with Crippen LogP contribution in [0.25, 0.3) is 0 Å². The molecule has 4 nitrogen and oxygen atoms in total. The molecular weight excluding hydrogens is 304 g/mol. The zero-order valence-electron chi connectivity index (χ0n) is 11.5. The highest BCUT2D eigenvalue weighted by atomic mass is 79.9. The molecule has 2 rings (SSSR count). The molecule has 0 aliphatic heterocycles. The van der Waals surface area contributed by atoms with Crippen molar-refractivity contribution in [1.82, 2.24) is 9.78 Å². The monoisotopic (exact) mass is 322 g/mol. The number of aromatic nitrogens is 2. The zero-order valence-corrected chi connectivity index (χ0v) is 13.1. The summed E-state index contributed by atoms with van der Waals surface area (Å²) in [4.78, 5) is 0. The van der Waals surface area contributed by atoms with E-state index in [4.69, 9.17) is 5.73 Å². The van der Waals surface area contributed by atoms with Crippen LogP contribution in [0, 0.1) is 6.92 Å². The van der Waals surface area contributed by atoms with Gasteiger partial charge in [-0.3, -0.25) is 4.68 Å². The van der Waals surface area contributed by atoms with E-state index in [1.165, 1.54) is 5.56 Å². The number of nitrogens with two attached hydrogens (primary N) is 1. The van der Waals surface area contributed by atoms with Gasteiger partial charge < -0.3 is 11.1 Å². The fourth-order valence-electron chi connectivity index (χ4n) is 2.03. The highest BCUT2D eigenvalue weighted by molar-refractivity contribution is 9.10. The fourth-order valence-corrected chi connectivity index (χ4v) is 2.37. The Balaban J connectivity index is 2.35. The van der Waals surface area contributed by atoms with Crippen molar-refractivity contribution in [1.29, 1.82) is 0 Å². The molecule has 3 N–H and O–H groups in total. The van der Waals surface area contributed by atoms with E-state index < -0.39 is 0 Å². The molecule has 0 atom stereocenters. The zero-order chi connectivity index (χ0) is 14.0. The van der Waals surface area contributed by atoms with Crippen molar-refractivity contribution in [3.63, 3.8) is 0 Å². The van der Waals surface area contributed by atoms with Crippen molar-refractivity contribution in [2.75, 3.05) is 11.1 Å². The van der Waals surface area contributed by atoms with Crippen molar-refractivity contribution in [3.8, 4) is 0 Å². The van der Waals surface area contributed by atoms with Crippen LogP contribution in [0.3, 0.4) is 0 Å². The highest BCUT2D eigenvalue weighted by Crippen LogP contribution is 2.31. The van der Waals surface area contributed by atoms with Gasteiger partial charge in [-0.1, -0.05) is 19.4 Å². The van der Waals surface area contributed by atoms with E-state index in [1.807, 2.05) is 13.1 Å². The van der Waals surface area contributed by atoms with Gasteiger partial charge in [0.15, 0.2) is 5.82 Å². The SMILES string of the molecule is CCCc1nn(C)c(Nc2cc(C)ccc2Br)c1N. The summed E-state index contributed by atoms with van der Waals surface area (Å²) < 4.78 is 2.81. The first-order valence-corrected chi connectivity index (χ1v) is 7.16. The molecule has 0 radical (unpaired) electrons.